The average molecular weight is 358 g/mol. The van der Waals surface area contributed by atoms with Gasteiger partial charge in [-0.05, 0) is 61.0 Å². The Balaban J connectivity index is 1.84. The SMILES string of the molecule is C/C(=N/NC(=O)COc1ccc(Cl)cc1)c1ccc(OCC#N)cc1. The molecule has 6 nitrogen and oxygen atoms in total. The van der Waals surface area contributed by atoms with E-state index < -0.39 is 0 Å². The van der Waals surface area contributed by atoms with Crippen molar-refractivity contribution in [3.63, 3.8) is 0 Å². The van der Waals surface area contributed by atoms with Gasteiger partial charge >= 0.3 is 0 Å². The molecule has 0 aliphatic rings. The Hall–Kier alpha value is -3.04. The van der Waals surface area contributed by atoms with Crippen molar-refractivity contribution in [2.24, 2.45) is 5.10 Å². The predicted molar refractivity (Wildman–Crippen MR) is 94.9 cm³/mol. The smallest absolute Gasteiger partial charge is 0.277 e. The van der Waals surface area contributed by atoms with Crippen molar-refractivity contribution in [3.05, 3.63) is 59.1 Å². The van der Waals surface area contributed by atoms with E-state index in [9.17, 15) is 4.79 Å². The lowest BCUT2D eigenvalue weighted by Crippen LogP contribution is -2.25. The largest absolute Gasteiger partial charge is 0.484 e. The van der Waals surface area contributed by atoms with E-state index in [0.29, 0.717) is 22.2 Å². The number of rotatable bonds is 7. The summed E-state index contributed by atoms with van der Waals surface area (Å²) in [5.74, 6) is 0.773. The molecule has 1 N–H and O–H groups in total. The van der Waals surface area contributed by atoms with Gasteiger partial charge in [0.1, 0.15) is 17.6 Å². The Morgan fingerprint density at radius 1 is 1.12 bits per heavy atom. The number of hydrazone groups is 1. The molecule has 2 aromatic carbocycles. The molecule has 128 valence electrons. The molecule has 0 aliphatic carbocycles. The Morgan fingerprint density at radius 3 is 2.36 bits per heavy atom. The Bertz CT molecular complexity index is 781. The standard InChI is InChI=1S/C18H16ClN3O3/c1-13(14-2-6-16(7-3-14)24-11-10-20)21-22-18(23)12-25-17-8-4-15(19)5-9-17/h2-9H,11-12H2,1H3,(H,22,23)/b21-13-. The number of hydrogen-bond acceptors (Lipinski definition) is 5. The van der Waals surface area contributed by atoms with Gasteiger partial charge in [-0.2, -0.15) is 10.4 Å². The first-order valence-electron chi connectivity index (χ1n) is 7.40. The molecule has 0 heterocycles. The number of halogens is 1. The zero-order valence-electron chi connectivity index (χ0n) is 13.5. The molecule has 7 heteroatoms. The molecular weight excluding hydrogens is 342 g/mol. The number of carbonyl (C=O) groups excluding carboxylic acids is 1. The third kappa shape index (κ3) is 6.16. The molecule has 25 heavy (non-hydrogen) atoms. The number of hydrogen-bond donors (Lipinski definition) is 1. The summed E-state index contributed by atoms with van der Waals surface area (Å²) in [6.07, 6.45) is 0. The highest BCUT2D eigenvalue weighted by Crippen LogP contribution is 2.15. The molecule has 0 atom stereocenters. The molecule has 0 spiro atoms. The van der Waals surface area contributed by atoms with Gasteiger partial charge in [0.25, 0.3) is 5.91 Å². The van der Waals surface area contributed by atoms with Gasteiger partial charge in [0, 0.05) is 5.02 Å². The van der Waals surface area contributed by atoms with Crippen LogP contribution in [0.2, 0.25) is 5.02 Å². The molecule has 0 aromatic heterocycles. The summed E-state index contributed by atoms with van der Waals surface area (Å²) in [7, 11) is 0. The number of nitrogens with one attached hydrogen (secondary N) is 1. The van der Waals surface area contributed by atoms with Crippen LogP contribution in [-0.4, -0.2) is 24.8 Å². The fraction of sp³-hybridized carbons (Fsp3) is 0.167. The molecule has 0 radical (unpaired) electrons. The Morgan fingerprint density at radius 2 is 1.72 bits per heavy atom. The first-order valence-corrected chi connectivity index (χ1v) is 7.78. The van der Waals surface area contributed by atoms with Crippen LogP contribution in [0, 0.1) is 11.3 Å². The highest BCUT2D eigenvalue weighted by molar-refractivity contribution is 6.30. The van der Waals surface area contributed by atoms with E-state index in [-0.39, 0.29) is 19.1 Å². The van der Waals surface area contributed by atoms with Gasteiger partial charge in [-0.1, -0.05) is 11.6 Å². The molecule has 0 saturated carbocycles. The lowest BCUT2D eigenvalue weighted by Gasteiger charge is -2.06. The quantitative estimate of drug-likeness (QED) is 0.609. The third-order valence-electron chi connectivity index (χ3n) is 3.11. The van der Waals surface area contributed by atoms with Crippen molar-refractivity contribution >= 4 is 23.2 Å². The molecule has 0 bridgehead atoms. The number of benzene rings is 2. The van der Waals surface area contributed by atoms with E-state index in [4.69, 9.17) is 26.3 Å². The second kappa shape index (κ2) is 9.30. The van der Waals surface area contributed by atoms with Crippen LogP contribution in [0.4, 0.5) is 0 Å². The minimum Gasteiger partial charge on any atom is -0.484 e. The minimum absolute atomic E-state index is 0.00387. The molecular formula is C18H16ClN3O3. The number of nitriles is 1. The van der Waals surface area contributed by atoms with Crippen molar-refractivity contribution in [1.29, 1.82) is 5.26 Å². The molecule has 1 amide bonds. The van der Waals surface area contributed by atoms with E-state index in [1.165, 1.54) is 0 Å². The van der Waals surface area contributed by atoms with Gasteiger partial charge in [0.05, 0.1) is 5.71 Å². The zero-order chi connectivity index (χ0) is 18.1. The highest BCUT2D eigenvalue weighted by atomic mass is 35.5. The monoisotopic (exact) mass is 357 g/mol. The Kier molecular flexibility index (Phi) is 6.81. The summed E-state index contributed by atoms with van der Waals surface area (Å²) >= 11 is 5.78. The van der Waals surface area contributed by atoms with Crippen molar-refractivity contribution < 1.29 is 14.3 Å². The molecule has 0 saturated heterocycles. The number of carbonyl (C=O) groups is 1. The summed E-state index contributed by atoms with van der Waals surface area (Å²) in [6, 6.07) is 15.7. The molecule has 0 fully saturated rings. The normalized spacial score (nSPS) is 10.7. The van der Waals surface area contributed by atoms with E-state index >= 15 is 0 Å². The maximum atomic E-state index is 11.8. The van der Waals surface area contributed by atoms with E-state index in [1.807, 2.05) is 6.07 Å². The van der Waals surface area contributed by atoms with Crippen LogP contribution in [0.1, 0.15) is 12.5 Å². The van der Waals surface area contributed by atoms with Crippen LogP contribution in [0.15, 0.2) is 53.6 Å². The number of ether oxygens (including phenoxy) is 2. The van der Waals surface area contributed by atoms with E-state index in [0.717, 1.165) is 5.56 Å². The first-order chi connectivity index (χ1) is 12.1. The molecule has 2 rings (SSSR count). The maximum Gasteiger partial charge on any atom is 0.277 e. The van der Waals surface area contributed by atoms with Gasteiger partial charge in [-0.25, -0.2) is 5.43 Å². The fourth-order valence-corrected chi connectivity index (χ4v) is 1.96. The number of amides is 1. The van der Waals surface area contributed by atoms with Gasteiger partial charge in [0.15, 0.2) is 13.2 Å². The average Bonchev–Trinajstić information content (AvgIpc) is 2.64. The van der Waals surface area contributed by atoms with Crippen molar-refractivity contribution in [3.8, 4) is 17.6 Å². The van der Waals surface area contributed by atoms with Crippen LogP contribution < -0.4 is 14.9 Å². The topological polar surface area (TPSA) is 83.7 Å². The van der Waals surface area contributed by atoms with E-state index in [1.54, 1.807) is 55.5 Å². The third-order valence-corrected chi connectivity index (χ3v) is 3.36. The predicted octanol–water partition coefficient (Wildman–Crippen LogP) is 3.16. The van der Waals surface area contributed by atoms with E-state index in [2.05, 4.69) is 10.5 Å². The Labute approximate surface area is 150 Å². The maximum absolute atomic E-state index is 11.8. The van der Waals surface area contributed by atoms with Crippen molar-refractivity contribution in [2.75, 3.05) is 13.2 Å². The van der Waals surface area contributed by atoms with Crippen molar-refractivity contribution in [1.82, 2.24) is 5.43 Å². The van der Waals surface area contributed by atoms with Gasteiger partial charge < -0.3 is 9.47 Å². The molecule has 0 aliphatic heterocycles. The first kappa shape index (κ1) is 18.3. The van der Waals surface area contributed by atoms with Crippen LogP contribution in [0.3, 0.4) is 0 Å². The minimum atomic E-state index is -0.372. The summed E-state index contributed by atoms with van der Waals surface area (Å²) in [5, 5.41) is 13.1. The molecule has 0 unspecified atom stereocenters. The summed E-state index contributed by atoms with van der Waals surface area (Å²) in [4.78, 5) is 11.8. The van der Waals surface area contributed by atoms with Gasteiger partial charge in [-0.15, -0.1) is 0 Å². The highest BCUT2D eigenvalue weighted by Gasteiger charge is 2.03. The zero-order valence-corrected chi connectivity index (χ0v) is 14.3. The number of nitrogens with zero attached hydrogens (tertiary/aromatic N) is 2. The second-order valence-corrected chi connectivity index (χ2v) is 5.38. The second-order valence-electron chi connectivity index (χ2n) is 4.95. The summed E-state index contributed by atoms with van der Waals surface area (Å²) < 4.78 is 10.5. The molecule has 2 aromatic rings. The van der Waals surface area contributed by atoms with Gasteiger partial charge in [-0.3, -0.25) is 4.79 Å². The summed E-state index contributed by atoms with van der Waals surface area (Å²) in [6.45, 7) is 1.61. The fourth-order valence-electron chi connectivity index (χ4n) is 1.83. The summed E-state index contributed by atoms with van der Waals surface area (Å²) in [5.41, 5.74) is 3.89. The van der Waals surface area contributed by atoms with Crippen LogP contribution >= 0.6 is 11.6 Å². The van der Waals surface area contributed by atoms with Crippen LogP contribution in [0.5, 0.6) is 11.5 Å². The van der Waals surface area contributed by atoms with Crippen LogP contribution in [-0.2, 0) is 4.79 Å². The lowest BCUT2D eigenvalue weighted by atomic mass is 10.1. The van der Waals surface area contributed by atoms with Crippen LogP contribution in [0.25, 0.3) is 0 Å². The van der Waals surface area contributed by atoms with Gasteiger partial charge in [0.2, 0.25) is 0 Å². The lowest BCUT2D eigenvalue weighted by molar-refractivity contribution is -0.123. The van der Waals surface area contributed by atoms with Crippen molar-refractivity contribution in [2.45, 2.75) is 6.92 Å².